The van der Waals surface area contributed by atoms with Crippen molar-refractivity contribution in [2.75, 3.05) is 12.8 Å². The number of anilines is 1. The molecule has 3 rings (SSSR count). The highest BCUT2D eigenvalue weighted by Crippen LogP contribution is 2.37. The molecule has 0 saturated carbocycles. The molecule has 0 unspecified atom stereocenters. The topological polar surface area (TPSA) is 74.4 Å². The van der Waals surface area contributed by atoms with E-state index in [1.165, 1.54) is 0 Å². The number of benzene rings is 1. The normalized spacial score (nSPS) is 10.8. The van der Waals surface area contributed by atoms with Crippen molar-refractivity contribution in [1.29, 1.82) is 0 Å². The second kappa shape index (κ2) is 5.36. The van der Waals surface area contributed by atoms with Crippen LogP contribution >= 0.6 is 0 Å². The second-order valence-electron chi connectivity index (χ2n) is 4.62. The predicted octanol–water partition coefficient (Wildman–Crippen LogP) is 3.75. The zero-order chi connectivity index (χ0) is 14.8. The maximum atomic E-state index is 5.94. The lowest BCUT2D eigenvalue weighted by Crippen LogP contribution is -1.89. The average Bonchev–Trinajstić information content (AvgIpc) is 3.13. The quantitative estimate of drug-likeness (QED) is 0.789. The number of aryl methyl sites for hydroxylation is 1. The van der Waals surface area contributed by atoms with E-state index in [1.807, 2.05) is 43.3 Å². The maximum Gasteiger partial charge on any atom is 0.212 e. The lowest BCUT2D eigenvalue weighted by atomic mass is 10.0. The molecule has 0 aliphatic heterocycles. The van der Waals surface area contributed by atoms with Crippen LogP contribution in [0.4, 0.5) is 5.82 Å². The lowest BCUT2D eigenvalue weighted by molar-refractivity contribution is 0.414. The van der Waals surface area contributed by atoms with Crippen LogP contribution in [0.5, 0.6) is 5.75 Å². The number of methoxy groups -OCH3 is 1. The van der Waals surface area contributed by atoms with Gasteiger partial charge >= 0.3 is 0 Å². The van der Waals surface area contributed by atoms with E-state index < -0.39 is 0 Å². The number of ether oxygens (including phenoxy) is 1. The van der Waals surface area contributed by atoms with Gasteiger partial charge in [0.2, 0.25) is 5.76 Å². The number of nitrogens with zero attached hydrogens (tertiary/aromatic N) is 1. The van der Waals surface area contributed by atoms with E-state index >= 15 is 0 Å². The Morgan fingerprint density at radius 2 is 1.90 bits per heavy atom. The van der Waals surface area contributed by atoms with Crippen LogP contribution in [-0.4, -0.2) is 12.3 Å². The highest BCUT2D eigenvalue weighted by Gasteiger charge is 2.20. The van der Waals surface area contributed by atoms with Crippen molar-refractivity contribution in [3.63, 3.8) is 0 Å². The monoisotopic (exact) mass is 284 g/mol. The second-order valence-corrected chi connectivity index (χ2v) is 4.62. The Morgan fingerprint density at radius 3 is 2.52 bits per heavy atom. The molecule has 3 aromatic rings. The van der Waals surface area contributed by atoms with Gasteiger partial charge < -0.3 is 19.4 Å². The molecule has 0 aliphatic rings. The van der Waals surface area contributed by atoms with E-state index in [0.717, 1.165) is 29.1 Å². The molecule has 5 nitrogen and oxygen atoms in total. The number of hydrogen-bond acceptors (Lipinski definition) is 5. The van der Waals surface area contributed by atoms with Gasteiger partial charge in [-0.25, -0.2) is 0 Å². The minimum absolute atomic E-state index is 0.338. The molecule has 1 aromatic carbocycles. The van der Waals surface area contributed by atoms with Crippen molar-refractivity contribution in [2.45, 2.75) is 13.3 Å². The van der Waals surface area contributed by atoms with Gasteiger partial charge in [-0.1, -0.05) is 24.2 Å². The van der Waals surface area contributed by atoms with Crippen molar-refractivity contribution < 1.29 is 13.7 Å². The van der Waals surface area contributed by atoms with Gasteiger partial charge in [0.25, 0.3) is 0 Å². The van der Waals surface area contributed by atoms with Gasteiger partial charge in [-0.15, -0.1) is 0 Å². The Balaban J connectivity index is 2.07. The third kappa shape index (κ3) is 2.38. The van der Waals surface area contributed by atoms with Crippen LogP contribution in [-0.2, 0) is 6.42 Å². The van der Waals surface area contributed by atoms with E-state index in [0.29, 0.717) is 17.3 Å². The summed E-state index contributed by atoms with van der Waals surface area (Å²) in [4.78, 5) is 0. The number of nitrogens with two attached hydrogens (primary N) is 1. The van der Waals surface area contributed by atoms with Crippen molar-refractivity contribution in [3.8, 4) is 28.4 Å². The molecule has 0 saturated heterocycles. The molecule has 0 spiro atoms. The van der Waals surface area contributed by atoms with Crippen molar-refractivity contribution in [3.05, 3.63) is 42.2 Å². The molecule has 0 radical (unpaired) electrons. The van der Waals surface area contributed by atoms with Gasteiger partial charge in [-0.3, -0.25) is 0 Å². The van der Waals surface area contributed by atoms with Gasteiger partial charge in [-0.2, -0.15) is 0 Å². The predicted molar refractivity (Wildman–Crippen MR) is 80.0 cm³/mol. The van der Waals surface area contributed by atoms with Crippen LogP contribution in [0.25, 0.3) is 22.6 Å². The fourth-order valence-electron chi connectivity index (χ4n) is 2.20. The number of hydrogen-bond donors (Lipinski definition) is 1. The van der Waals surface area contributed by atoms with Gasteiger partial charge in [0.1, 0.15) is 11.5 Å². The molecule has 2 heterocycles. The molecular formula is C16H16N2O3. The van der Waals surface area contributed by atoms with Crippen LogP contribution < -0.4 is 10.5 Å². The van der Waals surface area contributed by atoms with Gasteiger partial charge in [0.05, 0.1) is 12.7 Å². The Bertz CT molecular complexity index is 741. The summed E-state index contributed by atoms with van der Waals surface area (Å²) in [6.07, 6.45) is 0.821. The molecule has 0 fully saturated rings. The summed E-state index contributed by atoms with van der Waals surface area (Å²) in [7, 11) is 1.63. The molecule has 0 bridgehead atoms. The molecule has 2 N–H and O–H groups in total. The minimum Gasteiger partial charge on any atom is -0.497 e. The van der Waals surface area contributed by atoms with E-state index in [9.17, 15) is 0 Å². The van der Waals surface area contributed by atoms with Crippen molar-refractivity contribution in [2.24, 2.45) is 0 Å². The molecule has 108 valence electrons. The van der Waals surface area contributed by atoms with E-state index in [-0.39, 0.29) is 0 Å². The number of rotatable bonds is 4. The SMILES string of the molecule is CCc1ccc(-c2onc(N)c2-c2ccc(OC)cc2)o1. The molecule has 2 aromatic heterocycles. The van der Waals surface area contributed by atoms with Crippen molar-refractivity contribution in [1.82, 2.24) is 5.16 Å². The maximum absolute atomic E-state index is 5.94. The average molecular weight is 284 g/mol. The summed E-state index contributed by atoms with van der Waals surface area (Å²) < 4.78 is 16.2. The third-order valence-corrected chi connectivity index (χ3v) is 3.33. The van der Waals surface area contributed by atoms with Gasteiger partial charge in [0.15, 0.2) is 11.6 Å². The molecular weight excluding hydrogens is 268 g/mol. The first kappa shape index (κ1) is 13.3. The lowest BCUT2D eigenvalue weighted by Gasteiger charge is -2.03. The Kier molecular flexibility index (Phi) is 3.39. The fraction of sp³-hybridized carbons (Fsp3) is 0.188. The van der Waals surface area contributed by atoms with E-state index in [1.54, 1.807) is 7.11 Å². The Labute approximate surface area is 122 Å². The largest absolute Gasteiger partial charge is 0.497 e. The van der Waals surface area contributed by atoms with Crippen LogP contribution in [0.3, 0.4) is 0 Å². The Hall–Kier alpha value is -2.69. The number of furan rings is 1. The summed E-state index contributed by atoms with van der Waals surface area (Å²) in [6, 6.07) is 11.3. The molecule has 0 atom stereocenters. The third-order valence-electron chi connectivity index (χ3n) is 3.33. The summed E-state index contributed by atoms with van der Waals surface area (Å²) in [5.74, 6) is 3.17. The number of aromatic nitrogens is 1. The van der Waals surface area contributed by atoms with E-state index in [4.69, 9.17) is 19.4 Å². The minimum atomic E-state index is 0.338. The summed E-state index contributed by atoms with van der Waals surface area (Å²) in [6.45, 7) is 2.03. The first-order valence-corrected chi connectivity index (χ1v) is 6.71. The summed E-state index contributed by atoms with van der Waals surface area (Å²) in [5.41, 5.74) is 7.58. The van der Waals surface area contributed by atoms with Crippen LogP contribution in [0, 0.1) is 0 Å². The van der Waals surface area contributed by atoms with Gasteiger partial charge in [0, 0.05) is 6.42 Å². The first-order chi connectivity index (χ1) is 10.2. The summed E-state index contributed by atoms with van der Waals surface area (Å²) >= 11 is 0. The van der Waals surface area contributed by atoms with Crippen LogP contribution in [0.2, 0.25) is 0 Å². The zero-order valence-corrected chi connectivity index (χ0v) is 11.9. The van der Waals surface area contributed by atoms with Crippen molar-refractivity contribution >= 4 is 5.82 Å². The Morgan fingerprint density at radius 1 is 1.14 bits per heavy atom. The highest BCUT2D eigenvalue weighted by molar-refractivity contribution is 5.85. The number of nitrogen functional groups attached to an aromatic ring is 1. The van der Waals surface area contributed by atoms with Crippen LogP contribution in [0.15, 0.2) is 45.3 Å². The van der Waals surface area contributed by atoms with E-state index in [2.05, 4.69) is 5.16 Å². The van der Waals surface area contributed by atoms with Gasteiger partial charge in [-0.05, 0) is 29.8 Å². The molecule has 0 aliphatic carbocycles. The molecule has 0 amide bonds. The van der Waals surface area contributed by atoms with Crippen LogP contribution in [0.1, 0.15) is 12.7 Å². The molecule has 5 heteroatoms. The standard InChI is InChI=1S/C16H16N2O3/c1-3-11-8-9-13(20-11)15-14(16(17)18-21-15)10-4-6-12(19-2)7-5-10/h4-9H,3H2,1-2H3,(H2,17,18). The highest BCUT2D eigenvalue weighted by atomic mass is 16.5. The smallest absolute Gasteiger partial charge is 0.212 e. The zero-order valence-electron chi connectivity index (χ0n) is 11.9. The molecule has 21 heavy (non-hydrogen) atoms. The fourth-order valence-corrected chi connectivity index (χ4v) is 2.20. The first-order valence-electron chi connectivity index (χ1n) is 6.71. The summed E-state index contributed by atoms with van der Waals surface area (Å²) in [5, 5.41) is 3.86.